The van der Waals surface area contributed by atoms with Crippen molar-refractivity contribution in [3.63, 3.8) is 0 Å². The first-order valence-corrected chi connectivity index (χ1v) is 9.17. The number of hydrogen-bond acceptors (Lipinski definition) is 4. The lowest BCUT2D eigenvalue weighted by Gasteiger charge is -2.09. The van der Waals surface area contributed by atoms with Crippen molar-refractivity contribution in [1.29, 1.82) is 0 Å². The summed E-state index contributed by atoms with van der Waals surface area (Å²) in [7, 11) is 0. The van der Waals surface area contributed by atoms with Crippen LogP contribution in [0.3, 0.4) is 0 Å². The number of aromatic nitrogens is 2. The van der Waals surface area contributed by atoms with E-state index in [1.165, 1.54) is 12.1 Å². The molecule has 0 aliphatic carbocycles. The second-order valence-electron chi connectivity index (χ2n) is 6.66. The fourth-order valence-electron chi connectivity index (χ4n) is 2.92. The van der Waals surface area contributed by atoms with E-state index < -0.39 is 0 Å². The lowest BCUT2D eigenvalue weighted by atomic mass is 10.1. The maximum atomic E-state index is 13.2. The van der Waals surface area contributed by atoms with Crippen molar-refractivity contribution in [2.24, 2.45) is 0 Å². The van der Waals surface area contributed by atoms with Crippen LogP contribution in [0.1, 0.15) is 32.9 Å². The van der Waals surface area contributed by atoms with Crippen molar-refractivity contribution in [1.82, 2.24) is 15.3 Å². The quantitative estimate of drug-likeness (QED) is 0.656. The Bertz CT molecular complexity index is 954. The smallest absolute Gasteiger partial charge is 0.251 e. The monoisotopic (exact) mass is 378 g/mol. The van der Waals surface area contributed by atoms with Gasteiger partial charge in [0.05, 0.1) is 0 Å². The van der Waals surface area contributed by atoms with Gasteiger partial charge in [-0.3, -0.25) is 4.79 Å². The summed E-state index contributed by atoms with van der Waals surface area (Å²) in [5, 5.41) is 6.07. The average molecular weight is 378 g/mol. The molecule has 28 heavy (non-hydrogen) atoms. The maximum absolute atomic E-state index is 13.2. The molecular weight excluding hydrogens is 355 g/mol. The summed E-state index contributed by atoms with van der Waals surface area (Å²) in [6.07, 6.45) is 0.578. The van der Waals surface area contributed by atoms with Gasteiger partial charge in [-0.25, -0.2) is 14.4 Å². The molecule has 144 valence electrons. The maximum Gasteiger partial charge on any atom is 0.251 e. The molecule has 0 aliphatic heterocycles. The van der Waals surface area contributed by atoms with Gasteiger partial charge in [0.1, 0.15) is 5.82 Å². The van der Waals surface area contributed by atoms with Crippen LogP contribution in [0.4, 0.5) is 10.3 Å². The van der Waals surface area contributed by atoms with Crippen LogP contribution >= 0.6 is 0 Å². The standard InChI is InChI=1S/C22H23FN4O/c1-15-11-16(2)27-22(26-15)25-14-18-6-3-7-19(12-18)21(28)24-10-9-17-5-4-8-20(23)13-17/h3-8,11-13H,9-10,14H2,1-2H3,(H,24,28)(H,25,26,27). The Morgan fingerprint density at radius 1 is 0.964 bits per heavy atom. The molecule has 6 heteroatoms. The summed E-state index contributed by atoms with van der Waals surface area (Å²) in [4.78, 5) is 21.1. The van der Waals surface area contributed by atoms with Crippen molar-refractivity contribution in [3.05, 3.63) is 88.5 Å². The minimum Gasteiger partial charge on any atom is -0.352 e. The number of carbonyl (C=O) groups is 1. The van der Waals surface area contributed by atoms with Gasteiger partial charge in [-0.05, 0) is 61.7 Å². The number of amides is 1. The summed E-state index contributed by atoms with van der Waals surface area (Å²) < 4.78 is 13.2. The number of nitrogens with one attached hydrogen (secondary N) is 2. The molecule has 0 bridgehead atoms. The highest BCUT2D eigenvalue weighted by Gasteiger charge is 2.07. The fourth-order valence-corrected chi connectivity index (χ4v) is 2.92. The van der Waals surface area contributed by atoms with E-state index >= 15 is 0 Å². The number of hydrogen-bond donors (Lipinski definition) is 2. The summed E-state index contributed by atoms with van der Waals surface area (Å²) in [5.74, 6) is 0.153. The molecule has 0 fully saturated rings. The second-order valence-corrected chi connectivity index (χ2v) is 6.66. The van der Waals surface area contributed by atoms with Gasteiger partial charge in [0.15, 0.2) is 0 Å². The Hall–Kier alpha value is -3.28. The average Bonchev–Trinajstić information content (AvgIpc) is 2.66. The van der Waals surface area contributed by atoms with Gasteiger partial charge in [-0.2, -0.15) is 0 Å². The number of carbonyl (C=O) groups excluding carboxylic acids is 1. The zero-order valence-corrected chi connectivity index (χ0v) is 16.0. The van der Waals surface area contributed by atoms with Gasteiger partial charge in [-0.1, -0.05) is 24.3 Å². The Morgan fingerprint density at radius 2 is 1.68 bits per heavy atom. The van der Waals surface area contributed by atoms with E-state index in [-0.39, 0.29) is 11.7 Å². The molecule has 0 unspecified atom stereocenters. The highest BCUT2D eigenvalue weighted by molar-refractivity contribution is 5.94. The molecule has 3 rings (SSSR count). The number of halogens is 1. The highest BCUT2D eigenvalue weighted by Crippen LogP contribution is 2.10. The zero-order chi connectivity index (χ0) is 19.9. The SMILES string of the molecule is Cc1cc(C)nc(NCc2cccc(C(=O)NCCc3cccc(F)c3)c2)n1. The van der Waals surface area contributed by atoms with Crippen LogP contribution in [0, 0.1) is 19.7 Å². The van der Waals surface area contributed by atoms with Crippen LogP contribution in [0.2, 0.25) is 0 Å². The minimum atomic E-state index is -0.267. The molecule has 0 aliphatic rings. The molecule has 2 N–H and O–H groups in total. The van der Waals surface area contributed by atoms with E-state index in [0.29, 0.717) is 31.0 Å². The zero-order valence-electron chi connectivity index (χ0n) is 16.0. The molecule has 0 saturated carbocycles. The van der Waals surface area contributed by atoms with E-state index in [1.807, 2.05) is 44.2 Å². The first kappa shape index (κ1) is 19.5. The van der Waals surface area contributed by atoms with Crippen LogP contribution in [0.15, 0.2) is 54.6 Å². The molecule has 0 radical (unpaired) electrons. The van der Waals surface area contributed by atoms with Crippen molar-refractivity contribution in [2.45, 2.75) is 26.8 Å². The molecule has 2 aromatic carbocycles. The molecule has 5 nitrogen and oxygen atoms in total. The lowest BCUT2D eigenvalue weighted by Crippen LogP contribution is -2.25. The van der Waals surface area contributed by atoms with Gasteiger partial charge in [0.2, 0.25) is 5.95 Å². The predicted octanol–water partition coefficient (Wildman–Crippen LogP) is 3.82. The van der Waals surface area contributed by atoms with Crippen molar-refractivity contribution in [3.8, 4) is 0 Å². The number of nitrogens with zero attached hydrogens (tertiary/aromatic N) is 2. The van der Waals surface area contributed by atoms with Crippen LogP contribution in [-0.4, -0.2) is 22.4 Å². The number of rotatable bonds is 7. The minimum absolute atomic E-state index is 0.152. The van der Waals surface area contributed by atoms with E-state index in [4.69, 9.17) is 0 Å². The van der Waals surface area contributed by atoms with Gasteiger partial charge in [0.25, 0.3) is 5.91 Å². The summed E-state index contributed by atoms with van der Waals surface area (Å²) in [5.41, 5.74) is 4.20. The third-order valence-corrected chi connectivity index (χ3v) is 4.21. The summed E-state index contributed by atoms with van der Waals surface area (Å²) in [6.45, 7) is 4.82. The van der Waals surface area contributed by atoms with Gasteiger partial charge in [-0.15, -0.1) is 0 Å². The Labute approximate surface area is 164 Å². The molecular formula is C22H23FN4O. The topological polar surface area (TPSA) is 66.9 Å². The lowest BCUT2D eigenvalue weighted by molar-refractivity contribution is 0.0954. The van der Waals surface area contributed by atoms with Crippen LogP contribution < -0.4 is 10.6 Å². The molecule has 3 aromatic rings. The van der Waals surface area contributed by atoms with Gasteiger partial charge in [0, 0.05) is 30.0 Å². The molecule has 1 amide bonds. The predicted molar refractivity (Wildman–Crippen MR) is 108 cm³/mol. The van der Waals surface area contributed by atoms with Crippen LogP contribution in [0.5, 0.6) is 0 Å². The Kier molecular flexibility index (Phi) is 6.32. The number of benzene rings is 2. The highest BCUT2D eigenvalue weighted by atomic mass is 19.1. The van der Waals surface area contributed by atoms with E-state index in [1.54, 1.807) is 12.1 Å². The number of anilines is 1. The second kappa shape index (κ2) is 9.08. The van der Waals surface area contributed by atoms with E-state index in [2.05, 4.69) is 20.6 Å². The normalized spacial score (nSPS) is 10.5. The summed E-state index contributed by atoms with van der Waals surface area (Å²) in [6, 6.07) is 15.7. The van der Waals surface area contributed by atoms with Gasteiger partial charge >= 0.3 is 0 Å². The molecule has 0 atom stereocenters. The summed E-state index contributed by atoms with van der Waals surface area (Å²) >= 11 is 0. The number of aryl methyl sites for hydroxylation is 2. The Balaban J connectivity index is 1.55. The third-order valence-electron chi connectivity index (χ3n) is 4.21. The molecule has 0 saturated heterocycles. The fraction of sp³-hybridized carbons (Fsp3) is 0.227. The van der Waals surface area contributed by atoms with Crippen molar-refractivity contribution >= 4 is 11.9 Å². The first-order chi connectivity index (χ1) is 13.5. The van der Waals surface area contributed by atoms with Crippen molar-refractivity contribution < 1.29 is 9.18 Å². The van der Waals surface area contributed by atoms with E-state index in [0.717, 1.165) is 22.5 Å². The van der Waals surface area contributed by atoms with Crippen LogP contribution in [-0.2, 0) is 13.0 Å². The van der Waals surface area contributed by atoms with E-state index in [9.17, 15) is 9.18 Å². The largest absolute Gasteiger partial charge is 0.352 e. The Morgan fingerprint density at radius 3 is 2.43 bits per heavy atom. The van der Waals surface area contributed by atoms with Gasteiger partial charge < -0.3 is 10.6 Å². The molecule has 1 aromatic heterocycles. The molecule has 0 spiro atoms. The third kappa shape index (κ3) is 5.61. The molecule has 1 heterocycles. The van der Waals surface area contributed by atoms with Crippen molar-refractivity contribution in [2.75, 3.05) is 11.9 Å². The van der Waals surface area contributed by atoms with Crippen LogP contribution in [0.25, 0.3) is 0 Å². The first-order valence-electron chi connectivity index (χ1n) is 9.17.